The maximum Gasteiger partial charge on any atom is 0.338 e. The Morgan fingerprint density at radius 3 is 2.42 bits per heavy atom. The third-order valence-corrected chi connectivity index (χ3v) is 3.06. The van der Waals surface area contributed by atoms with Crippen molar-refractivity contribution in [3.05, 3.63) is 65.7 Å². The number of carbonyl (C=O) groups is 2. The molecule has 2 aromatic rings. The molecule has 0 aromatic heterocycles. The van der Waals surface area contributed by atoms with Crippen molar-refractivity contribution < 1.29 is 19.1 Å². The van der Waals surface area contributed by atoms with Crippen molar-refractivity contribution in [2.75, 3.05) is 13.2 Å². The summed E-state index contributed by atoms with van der Waals surface area (Å²) in [5.74, 6) is 1.88. The van der Waals surface area contributed by atoms with Crippen LogP contribution in [0.15, 0.2) is 54.6 Å². The Balaban J connectivity index is 1.81. The zero-order valence-electron chi connectivity index (χ0n) is 13.0. The molecule has 1 amide bonds. The lowest BCUT2D eigenvalue weighted by atomic mass is 10.2. The van der Waals surface area contributed by atoms with Crippen LogP contribution in [0.5, 0.6) is 5.75 Å². The summed E-state index contributed by atoms with van der Waals surface area (Å²) in [6.45, 7) is 0.177. The number of nitrogens with one attached hydrogen (secondary N) is 1. The van der Waals surface area contributed by atoms with Crippen LogP contribution in [-0.2, 0) is 16.1 Å². The van der Waals surface area contributed by atoms with E-state index < -0.39 is 11.9 Å². The van der Waals surface area contributed by atoms with Crippen molar-refractivity contribution in [3.8, 4) is 18.1 Å². The Morgan fingerprint density at radius 2 is 1.75 bits per heavy atom. The van der Waals surface area contributed by atoms with Crippen molar-refractivity contribution >= 4 is 11.9 Å². The monoisotopic (exact) mass is 323 g/mol. The van der Waals surface area contributed by atoms with E-state index in [9.17, 15) is 9.59 Å². The number of terminal acetylenes is 1. The number of benzene rings is 2. The first-order valence-corrected chi connectivity index (χ1v) is 7.33. The predicted molar refractivity (Wildman–Crippen MR) is 89.3 cm³/mol. The molecule has 5 nitrogen and oxygen atoms in total. The average Bonchev–Trinajstić information content (AvgIpc) is 2.64. The standard InChI is InChI=1S/C19H17NO4/c1-2-12-20-18(21)14-24-19(22)16-8-10-17(11-9-16)23-13-15-6-4-3-5-7-15/h1,3-11H,12-14H2,(H,20,21). The molecule has 0 radical (unpaired) electrons. The van der Waals surface area contributed by atoms with E-state index in [2.05, 4.69) is 11.2 Å². The molecule has 1 N–H and O–H groups in total. The molecule has 0 aliphatic rings. The number of carbonyl (C=O) groups excluding carboxylic acids is 2. The van der Waals surface area contributed by atoms with Gasteiger partial charge in [-0.15, -0.1) is 6.42 Å². The highest BCUT2D eigenvalue weighted by atomic mass is 16.5. The van der Waals surface area contributed by atoms with E-state index in [-0.39, 0.29) is 13.2 Å². The smallest absolute Gasteiger partial charge is 0.338 e. The summed E-state index contributed by atoms with van der Waals surface area (Å²) in [5.41, 5.74) is 1.39. The molecule has 0 aliphatic carbocycles. The molecule has 122 valence electrons. The van der Waals surface area contributed by atoms with Crippen molar-refractivity contribution in [1.82, 2.24) is 5.32 Å². The van der Waals surface area contributed by atoms with Gasteiger partial charge < -0.3 is 14.8 Å². The molecule has 24 heavy (non-hydrogen) atoms. The van der Waals surface area contributed by atoms with Gasteiger partial charge in [-0.2, -0.15) is 0 Å². The molecule has 0 bridgehead atoms. The number of amides is 1. The van der Waals surface area contributed by atoms with Gasteiger partial charge in [0.05, 0.1) is 12.1 Å². The minimum Gasteiger partial charge on any atom is -0.489 e. The summed E-state index contributed by atoms with van der Waals surface area (Å²) in [4.78, 5) is 23.1. The largest absolute Gasteiger partial charge is 0.489 e. The fourth-order valence-electron chi connectivity index (χ4n) is 1.84. The van der Waals surface area contributed by atoms with E-state index in [0.29, 0.717) is 17.9 Å². The van der Waals surface area contributed by atoms with Gasteiger partial charge in [-0.25, -0.2) is 4.79 Å². The number of rotatable bonds is 7. The molecule has 0 heterocycles. The Labute approximate surface area is 140 Å². The van der Waals surface area contributed by atoms with Gasteiger partial charge in [-0.05, 0) is 29.8 Å². The van der Waals surface area contributed by atoms with E-state index in [1.807, 2.05) is 30.3 Å². The number of hydrogen-bond acceptors (Lipinski definition) is 4. The second-order valence-corrected chi connectivity index (χ2v) is 4.86. The first kappa shape index (κ1) is 17.1. The van der Waals surface area contributed by atoms with Crippen LogP contribution >= 0.6 is 0 Å². The zero-order chi connectivity index (χ0) is 17.2. The number of esters is 1. The minimum absolute atomic E-state index is 0.101. The van der Waals surface area contributed by atoms with Crippen LogP contribution in [-0.4, -0.2) is 25.0 Å². The van der Waals surface area contributed by atoms with Crippen LogP contribution in [0, 0.1) is 12.3 Å². The summed E-state index contributed by atoms with van der Waals surface area (Å²) < 4.78 is 10.5. The van der Waals surface area contributed by atoms with Gasteiger partial charge in [-0.3, -0.25) is 4.79 Å². The van der Waals surface area contributed by atoms with Gasteiger partial charge in [-0.1, -0.05) is 36.3 Å². The van der Waals surface area contributed by atoms with Crippen LogP contribution in [0.2, 0.25) is 0 Å². The van der Waals surface area contributed by atoms with E-state index in [1.54, 1.807) is 24.3 Å². The Morgan fingerprint density at radius 1 is 1.04 bits per heavy atom. The highest BCUT2D eigenvalue weighted by Crippen LogP contribution is 2.14. The molecule has 0 saturated carbocycles. The average molecular weight is 323 g/mol. The molecule has 0 aliphatic heterocycles. The second kappa shape index (κ2) is 9.01. The van der Waals surface area contributed by atoms with Crippen LogP contribution in [0.1, 0.15) is 15.9 Å². The molecule has 0 saturated heterocycles. The quantitative estimate of drug-likeness (QED) is 0.626. The molecular weight excluding hydrogens is 306 g/mol. The van der Waals surface area contributed by atoms with Gasteiger partial charge >= 0.3 is 5.97 Å². The summed E-state index contributed by atoms with van der Waals surface area (Å²) >= 11 is 0. The van der Waals surface area contributed by atoms with Gasteiger partial charge in [0.1, 0.15) is 12.4 Å². The van der Waals surface area contributed by atoms with E-state index in [4.69, 9.17) is 15.9 Å². The van der Waals surface area contributed by atoms with Gasteiger partial charge in [0, 0.05) is 0 Å². The van der Waals surface area contributed by atoms with Crippen molar-refractivity contribution in [2.24, 2.45) is 0 Å². The highest BCUT2D eigenvalue weighted by Gasteiger charge is 2.10. The number of ether oxygens (including phenoxy) is 2. The molecule has 0 fully saturated rings. The summed E-state index contributed by atoms with van der Waals surface area (Å²) in [5, 5.41) is 2.41. The predicted octanol–water partition coefficient (Wildman–Crippen LogP) is 2.17. The normalized spacial score (nSPS) is 9.62. The third-order valence-electron chi connectivity index (χ3n) is 3.06. The molecular formula is C19H17NO4. The van der Waals surface area contributed by atoms with Crippen LogP contribution < -0.4 is 10.1 Å². The van der Waals surface area contributed by atoms with E-state index >= 15 is 0 Å². The molecule has 0 spiro atoms. The third kappa shape index (κ3) is 5.50. The van der Waals surface area contributed by atoms with Crippen LogP contribution in [0.4, 0.5) is 0 Å². The van der Waals surface area contributed by atoms with Crippen molar-refractivity contribution in [1.29, 1.82) is 0 Å². The molecule has 0 unspecified atom stereocenters. The van der Waals surface area contributed by atoms with Crippen molar-refractivity contribution in [3.63, 3.8) is 0 Å². The Kier molecular flexibility index (Phi) is 6.42. The lowest BCUT2D eigenvalue weighted by molar-refractivity contribution is -0.123. The summed E-state index contributed by atoms with van der Waals surface area (Å²) in [6.07, 6.45) is 5.02. The SMILES string of the molecule is C#CCNC(=O)COC(=O)c1ccc(OCc2ccccc2)cc1. The minimum atomic E-state index is -0.583. The molecule has 2 aromatic carbocycles. The topological polar surface area (TPSA) is 64.6 Å². The fourth-order valence-corrected chi connectivity index (χ4v) is 1.84. The van der Waals surface area contributed by atoms with Crippen LogP contribution in [0.25, 0.3) is 0 Å². The number of hydrogen-bond donors (Lipinski definition) is 1. The summed E-state index contributed by atoms with van der Waals surface area (Å²) in [6, 6.07) is 16.3. The van der Waals surface area contributed by atoms with Gasteiger partial charge in [0.15, 0.2) is 6.61 Å². The van der Waals surface area contributed by atoms with Crippen molar-refractivity contribution in [2.45, 2.75) is 6.61 Å². The first-order chi connectivity index (χ1) is 11.7. The highest BCUT2D eigenvalue weighted by molar-refractivity contribution is 5.91. The molecule has 2 rings (SSSR count). The second-order valence-electron chi connectivity index (χ2n) is 4.86. The maximum absolute atomic E-state index is 11.8. The molecule has 0 atom stereocenters. The van der Waals surface area contributed by atoms with Gasteiger partial charge in [0.2, 0.25) is 0 Å². The van der Waals surface area contributed by atoms with Gasteiger partial charge in [0.25, 0.3) is 5.91 Å². The first-order valence-electron chi connectivity index (χ1n) is 7.33. The zero-order valence-corrected chi connectivity index (χ0v) is 13.0. The fraction of sp³-hybridized carbons (Fsp3) is 0.158. The Bertz CT molecular complexity index is 717. The van der Waals surface area contributed by atoms with E-state index in [0.717, 1.165) is 5.56 Å². The summed E-state index contributed by atoms with van der Waals surface area (Å²) in [7, 11) is 0. The maximum atomic E-state index is 11.8. The Hall–Kier alpha value is -3.26. The molecule has 5 heteroatoms. The van der Waals surface area contributed by atoms with Crippen LogP contribution in [0.3, 0.4) is 0 Å². The lowest BCUT2D eigenvalue weighted by Gasteiger charge is -2.08. The lowest BCUT2D eigenvalue weighted by Crippen LogP contribution is -2.28. The van der Waals surface area contributed by atoms with E-state index in [1.165, 1.54) is 0 Å².